The van der Waals surface area contributed by atoms with Gasteiger partial charge in [0.05, 0.1) is 11.2 Å². The fraction of sp³-hybridized carbons (Fsp3) is 0.0909. The van der Waals surface area contributed by atoms with Gasteiger partial charge in [-0.3, -0.25) is 9.98 Å². The molecule has 0 atom stereocenters. The van der Waals surface area contributed by atoms with Gasteiger partial charge in [-0.2, -0.15) is 0 Å². The molecule has 2 nitrogen and oxygen atoms in total. The summed E-state index contributed by atoms with van der Waals surface area (Å²) in [5, 5.41) is 3.11. The van der Waals surface area contributed by atoms with Crippen molar-refractivity contribution in [1.29, 1.82) is 0 Å². The van der Waals surface area contributed by atoms with E-state index >= 15 is 0 Å². The van der Waals surface area contributed by atoms with E-state index in [2.05, 4.69) is 128 Å². The monoisotopic (exact) mass is 596 g/mol. The van der Waals surface area contributed by atoms with Crippen LogP contribution >= 0.6 is 0 Å². The van der Waals surface area contributed by atoms with Crippen molar-refractivity contribution in [2.45, 2.75) is 27.7 Å². The number of hydrogen-bond acceptors (Lipinski definition) is 2. The number of benzene rings is 5. The fourth-order valence-corrected chi connectivity index (χ4v) is 5.79. The summed E-state index contributed by atoms with van der Waals surface area (Å²) in [6, 6.07) is 42.6. The van der Waals surface area contributed by atoms with Gasteiger partial charge >= 0.3 is 0 Å². The third kappa shape index (κ3) is 6.72. The van der Waals surface area contributed by atoms with E-state index in [-0.39, 0.29) is 0 Å². The van der Waals surface area contributed by atoms with Crippen LogP contribution in [0.15, 0.2) is 151 Å². The number of aromatic nitrogens is 1. The van der Waals surface area contributed by atoms with Crippen LogP contribution in [0, 0.1) is 6.92 Å². The largest absolute Gasteiger partial charge is 0.260 e. The van der Waals surface area contributed by atoms with Gasteiger partial charge in [0.2, 0.25) is 0 Å². The highest BCUT2D eigenvalue weighted by molar-refractivity contribution is 5.96. The van der Waals surface area contributed by atoms with Crippen molar-refractivity contribution in [3.8, 4) is 22.3 Å². The van der Waals surface area contributed by atoms with E-state index < -0.39 is 0 Å². The summed E-state index contributed by atoms with van der Waals surface area (Å²) in [5.74, 6) is 0. The number of fused-ring (bicyclic) bond motifs is 1. The summed E-state index contributed by atoms with van der Waals surface area (Å²) < 4.78 is 0. The number of hydrogen-bond donors (Lipinski definition) is 0. The maximum atomic E-state index is 4.74. The van der Waals surface area contributed by atoms with Crippen molar-refractivity contribution in [3.05, 3.63) is 179 Å². The first-order valence-corrected chi connectivity index (χ1v) is 15.8. The van der Waals surface area contributed by atoms with Crippen molar-refractivity contribution in [1.82, 2.24) is 4.98 Å². The van der Waals surface area contributed by atoms with Gasteiger partial charge in [-0.05, 0) is 93.9 Å². The van der Waals surface area contributed by atoms with Crippen LogP contribution in [0.25, 0.3) is 51.0 Å². The Balaban J connectivity index is 0.00000204. The van der Waals surface area contributed by atoms with E-state index in [1.807, 2.05) is 63.5 Å². The third-order valence-electron chi connectivity index (χ3n) is 7.95. The normalized spacial score (nSPS) is 12.0. The zero-order valence-electron chi connectivity index (χ0n) is 27.2. The molecule has 0 aliphatic carbocycles. The maximum Gasteiger partial charge on any atom is 0.0775 e. The van der Waals surface area contributed by atoms with Gasteiger partial charge in [-0.15, -0.1) is 0 Å². The third-order valence-corrected chi connectivity index (χ3v) is 7.95. The number of rotatable bonds is 7. The van der Waals surface area contributed by atoms with Crippen LogP contribution in [-0.4, -0.2) is 11.2 Å². The Morgan fingerprint density at radius 1 is 0.717 bits per heavy atom. The minimum Gasteiger partial charge on any atom is -0.260 e. The molecule has 0 aliphatic rings. The van der Waals surface area contributed by atoms with Crippen LogP contribution in [0.2, 0.25) is 0 Å². The summed E-state index contributed by atoms with van der Waals surface area (Å²) in [6.45, 7) is 16.4. The molecule has 46 heavy (non-hydrogen) atoms. The van der Waals surface area contributed by atoms with Gasteiger partial charge in [-0.25, -0.2) is 0 Å². The average molecular weight is 597 g/mol. The Morgan fingerprint density at radius 3 is 2.15 bits per heavy atom. The van der Waals surface area contributed by atoms with Crippen LogP contribution in [0.1, 0.15) is 43.0 Å². The van der Waals surface area contributed by atoms with E-state index in [1.165, 1.54) is 11.1 Å². The van der Waals surface area contributed by atoms with Crippen molar-refractivity contribution in [3.63, 3.8) is 0 Å². The zero-order chi connectivity index (χ0) is 32.5. The summed E-state index contributed by atoms with van der Waals surface area (Å²) in [7, 11) is 0. The minimum atomic E-state index is 0.915. The molecule has 6 rings (SSSR count). The summed E-state index contributed by atoms with van der Waals surface area (Å²) in [4.78, 5) is 9.36. The molecule has 0 aliphatic heterocycles. The summed E-state index contributed by atoms with van der Waals surface area (Å²) >= 11 is 0. The number of aryl methyl sites for hydroxylation is 1. The molecule has 0 saturated heterocycles. The minimum absolute atomic E-state index is 0.915. The van der Waals surface area contributed by atoms with Gasteiger partial charge in [0.1, 0.15) is 0 Å². The smallest absolute Gasteiger partial charge is 0.0775 e. The fourth-order valence-electron chi connectivity index (χ4n) is 5.79. The molecule has 2 heteroatoms. The van der Waals surface area contributed by atoms with Gasteiger partial charge in [0.25, 0.3) is 0 Å². The SMILES string of the molecule is C=C/C=C(/c1cc(-c2ccc(/C(N=CC)=c3\ccccc3=C)cc2)cc(-c2ccnc3ccccc23)c1)c1ccccc1C.CC. The first kappa shape index (κ1) is 31.8. The lowest BCUT2D eigenvalue weighted by molar-refractivity contribution is 1.40. The Hall–Kier alpha value is -5.60. The molecule has 0 amide bonds. The van der Waals surface area contributed by atoms with Gasteiger partial charge in [-0.1, -0.05) is 130 Å². The summed E-state index contributed by atoms with van der Waals surface area (Å²) in [6.07, 6.45) is 7.71. The molecular formula is C44H40N2. The Morgan fingerprint density at radius 2 is 1.41 bits per heavy atom. The second-order valence-electron chi connectivity index (χ2n) is 10.8. The van der Waals surface area contributed by atoms with Gasteiger partial charge in [0, 0.05) is 28.6 Å². The quantitative estimate of drug-likeness (QED) is 0.133. The summed E-state index contributed by atoms with van der Waals surface area (Å²) in [5.41, 5.74) is 12.2. The van der Waals surface area contributed by atoms with Crippen molar-refractivity contribution in [2.24, 2.45) is 4.99 Å². The number of nitrogens with zero attached hydrogens (tertiary/aromatic N) is 2. The molecular weight excluding hydrogens is 556 g/mol. The van der Waals surface area contributed by atoms with Crippen molar-refractivity contribution < 1.29 is 0 Å². The molecule has 0 radical (unpaired) electrons. The Bertz CT molecular complexity index is 2160. The molecule has 5 aromatic carbocycles. The van der Waals surface area contributed by atoms with Crippen LogP contribution < -0.4 is 10.4 Å². The molecule has 0 bridgehead atoms. The topological polar surface area (TPSA) is 25.2 Å². The first-order valence-electron chi connectivity index (χ1n) is 15.8. The highest BCUT2D eigenvalue weighted by Crippen LogP contribution is 2.36. The van der Waals surface area contributed by atoms with Crippen LogP contribution in [0.3, 0.4) is 0 Å². The number of aliphatic imine (C=N–C) groups is 1. The highest BCUT2D eigenvalue weighted by Gasteiger charge is 2.14. The van der Waals surface area contributed by atoms with Crippen molar-refractivity contribution in [2.75, 3.05) is 0 Å². The van der Waals surface area contributed by atoms with E-state index in [9.17, 15) is 0 Å². The molecule has 1 heterocycles. The lowest BCUT2D eigenvalue weighted by atomic mass is 9.88. The van der Waals surface area contributed by atoms with Crippen LogP contribution in [-0.2, 0) is 0 Å². The Labute approximate surface area is 273 Å². The molecule has 226 valence electrons. The van der Waals surface area contributed by atoms with E-state index in [4.69, 9.17) is 4.99 Å². The molecule has 1 aromatic heterocycles. The lowest BCUT2D eigenvalue weighted by Crippen LogP contribution is -2.24. The number of para-hydroxylation sites is 1. The van der Waals surface area contributed by atoms with E-state index in [1.54, 1.807) is 0 Å². The number of allylic oxidation sites excluding steroid dienone is 2. The predicted molar refractivity (Wildman–Crippen MR) is 200 cm³/mol. The molecule has 0 unspecified atom stereocenters. The van der Waals surface area contributed by atoms with Crippen LogP contribution in [0.5, 0.6) is 0 Å². The molecule has 0 spiro atoms. The molecule has 0 fully saturated rings. The maximum absolute atomic E-state index is 4.74. The average Bonchev–Trinajstić information content (AvgIpc) is 3.11. The molecule has 6 aromatic rings. The second-order valence-corrected chi connectivity index (χ2v) is 10.8. The van der Waals surface area contributed by atoms with E-state index in [0.29, 0.717) is 0 Å². The zero-order valence-corrected chi connectivity index (χ0v) is 27.2. The van der Waals surface area contributed by atoms with Gasteiger partial charge < -0.3 is 0 Å². The second kappa shape index (κ2) is 14.9. The molecule has 0 N–H and O–H groups in total. The predicted octanol–water partition coefficient (Wildman–Crippen LogP) is 10.2. The molecule has 0 saturated carbocycles. The Kier molecular flexibility index (Phi) is 10.3. The van der Waals surface area contributed by atoms with Crippen molar-refractivity contribution >= 4 is 35.0 Å². The standard InChI is InChI=1S/C42H34N2.C2H6/c1-5-13-38(36-16-9-7-14-29(36)3)34-26-33(27-35(28-34)39-24-25-44-41-19-12-11-18-40(39)41)31-20-22-32(23-21-31)42(43-6-2)37-17-10-8-15-30(37)4;1-2/h5-28H,1,4H2,2-3H3;1-2H3/b38-13-,42-37-,43-6?;. The lowest BCUT2D eigenvalue weighted by Gasteiger charge is -2.16. The van der Waals surface area contributed by atoms with E-state index in [0.717, 1.165) is 66.0 Å². The van der Waals surface area contributed by atoms with Gasteiger partial charge in [0.15, 0.2) is 0 Å². The van der Waals surface area contributed by atoms with Crippen LogP contribution in [0.4, 0.5) is 0 Å². The number of pyridine rings is 1. The first-order chi connectivity index (χ1) is 22.6. The highest BCUT2D eigenvalue weighted by atomic mass is 14.7.